The largest absolute Gasteiger partial charge is 0.481 e. The molecule has 6 nitrogen and oxygen atoms in total. The number of amides is 1. The van der Waals surface area contributed by atoms with E-state index in [0.29, 0.717) is 6.61 Å². The summed E-state index contributed by atoms with van der Waals surface area (Å²) in [4.78, 5) is 33.9. The van der Waals surface area contributed by atoms with E-state index < -0.39 is 11.9 Å². The molecule has 0 fully saturated rings. The third-order valence-electron chi connectivity index (χ3n) is 1.94. The van der Waals surface area contributed by atoms with E-state index in [2.05, 4.69) is 4.74 Å². The second kappa shape index (κ2) is 7.67. The third kappa shape index (κ3) is 6.80. The fourth-order valence-electron chi connectivity index (χ4n) is 1.02. The normalized spacial score (nSPS) is 9.62. The second-order valence-corrected chi connectivity index (χ2v) is 3.26. The standard InChI is InChI=1S/C10H17NO5/c1-3-16-10(15)5-4-8(12)11(2)7-6-9(13)14/h3-7H2,1-2H3,(H,13,14). The summed E-state index contributed by atoms with van der Waals surface area (Å²) in [6.07, 6.45) is -0.0132. The number of ether oxygens (including phenoxy) is 1. The second-order valence-electron chi connectivity index (χ2n) is 3.26. The Morgan fingerprint density at radius 2 is 1.81 bits per heavy atom. The lowest BCUT2D eigenvalue weighted by Crippen LogP contribution is -2.29. The van der Waals surface area contributed by atoms with Gasteiger partial charge in [-0.1, -0.05) is 0 Å². The maximum Gasteiger partial charge on any atom is 0.306 e. The molecule has 16 heavy (non-hydrogen) atoms. The van der Waals surface area contributed by atoms with Crippen LogP contribution in [0.4, 0.5) is 0 Å². The smallest absolute Gasteiger partial charge is 0.306 e. The molecule has 0 spiro atoms. The summed E-state index contributed by atoms with van der Waals surface area (Å²) in [7, 11) is 1.51. The number of carboxylic acid groups (broad SMARTS) is 1. The van der Waals surface area contributed by atoms with E-state index in [4.69, 9.17) is 5.11 Å². The van der Waals surface area contributed by atoms with Crippen molar-refractivity contribution < 1.29 is 24.2 Å². The minimum absolute atomic E-state index is 0.0318. The van der Waals surface area contributed by atoms with Crippen molar-refractivity contribution in [3.05, 3.63) is 0 Å². The molecule has 0 aliphatic rings. The maximum atomic E-state index is 11.4. The van der Waals surface area contributed by atoms with Gasteiger partial charge in [0.1, 0.15) is 0 Å². The van der Waals surface area contributed by atoms with Gasteiger partial charge in [-0.2, -0.15) is 0 Å². The Morgan fingerprint density at radius 3 is 2.31 bits per heavy atom. The van der Waals surface area contributed by atoms with Gasteiger partial charge in [0.05, 0.1) is 19.4 Å². The minimum Gasteiger partial charge on any atom is -0.481 e. The molecule has 1 amide bonds. The molecule has 0 aromatic carbocycles. The van der Waals surface area contributed by atoms with Gasteiger partial charge < -0.3 is 14.7 Å². The first-order valence-electron chi connectivity index (χ1n) is 5.08. The summed E-state index contributed by atoms with van der Waals surface area (Å²) in [5, 5.41) is 8.42. The predicted octanol–water partition coefficient (Wildman–Crippen LogP) is 0.263. The Morgan fingerprint density at radius 1 is 1.19 bits per heavy atom. The topological polar surface area (TPSA) is 83.9 Å². The molecule has 6 heteroatoms. The number of carbonyl (C=O) groups excluding carboxylic acids is 2. The van der Waals surface area contributed by atoms with Gasteiger partial charge >= 0.3 is 11.9 Å². The molecule has 92 valence electrons. The molecule has 0 bridgehead atoms. The molecule has 1 N–H and O–H groups in total. The van der Waals surface area contributed by atoms with Crippen LogP contribution < -0.4 is 0 Å². The van der Waals surface area contributed by atoms with Crippen LogP contribution in [-0.4, -0.2) is 48.1 Å². The van der Waals surface area contributed by atoms with Crippen molar-refractivity contribution in [3.63, 3.8) is 0 Å². The Labute approximate surface area is 94.2 Å². The summed E-state index contributed by atoms with van der Waals surface area (Å²) >= 11 is 0. The van der Waals surface area contributed by atoms with Crippen molar-refractivity contribution in [2.24, 2.45) is 0 Å². The lowest BCUT2D eigenvalue weighted by Gasteiger charge is -2.15. The van der Waals surface area contributed by atoms with E-state index in [1.807, 2.05) is 0 Å². The van der Waals surface area contributed by atoms with E-state index in [9.17, 15) is 14.4 Å². The van der Waals surface area contributed by atoms with Gasteiger partial charge in [0.15, 0.2) is 0 Å². The fraction of sp³-hybridized carbons (Fsp3) is 0.700. The molecule has 0 rings (SSSR count). The van der Waals surface area contributed by atoms with E-state index >= 15 is 0 Å². The summed E-state index contributed by atoms with van der Waals surface area (Å²) in [6, 6.07) is 0. The summed E-state index contributed by atoms with van der Waals surface area (Å²) in [5.74, 6) is -1.62. The summed E-state index contributed by atoms with van der Waals surface area (Å²) < 4.78 is 4.67. The summed E-state index contributed by atoms with van der Waals surface area (Å²) in [5.41, 5.74) is 0. The van der Waals surface area contributed by atoms with E-state index in [0.717, 1.165) is 0 Å². The number of hydrogen-bond acceptors (Lipinski definition) is 4. The zero-order chi connectivity index (χ0) is 12.6. The van der Waals surface area contributed by atoms with Crippen LogP contribution in [0.3, 0.4) is 0 Å². The zero-order valence-corrected chi connectivity index (χ0v) is 9.56. The average Bonchev–Trinajstić information content (AvgIpc) is 2.22. The average molecular weight is 231 g/mol. The molecule has 0 unspecified atom stereocenters. The highest BCUT2D eigenvalue weighted by molar-refractivity contribution is 5.81. The number of carbonyl (C=O) groups is 3. The zero-order valence-electron chi connectivity index (χ0n) is 9.56. The number of aliphatic carboxylic acids is 1. The number of esters is 1. The number of carboxylic acids is 1. The quantitative estimate of drug-likeness (QED) is 0.635. The highest BCUT2D eigenvalue weighted by Crippen LogP contribution is 1.99. The molecular formula is C10H17NO5. The van der Waals surface area contributed by atoms with Gasteiger partial charge in [-0.25, -0.2) is 0 Å². The van der Waals surface area contributed by atoms with Crippen molar-refractivity contribution in [1.29, 1.82) is 0 Å². The van der Waals surface area contributed by atoms with Crippen LogP contribution in [0, 0.1) is 0 Å². The SMILES string of the molecule is CCOC(=O)CCC(=O)N(C)CCC(=O)O. The van der Waals surface area contributed by atoms with Crippen molar-refractivity contribution in [3.8, 4) is 0 Å². The Kier molecular flexibility index (Phi) is 6.91. The van der Waals surface area contributed by atoms with Crippen molar-refractivity contribution in [2.45, 2.75) is 26.2 Å². The molecule has 0 atom stereocenters. The summed E-state index contributed by atoms with van der Waals surface area (Å²) in [6.45, 7) is 2.14. The molecular weight excluding hydrogens is 214 g/mol. The number of rotatable bonds is 7. The van der Waals surface area contributed by atoms with Crippen LogP contribution in [0.1, 0.15) is 26.2 Å². The highest BCUT2D eigenvalue weighted by atomic mass is 16.5. The molecule has 0 aromatic heterocycles. The number of hydrogen-bond donors (Lipinski definition) is 1. The van der Waals surface area contributed by atoms with E-state index in [-0.39, 0.29) is 31.7 Å². The van der Waals surface area contributed by atoms with Crippen LogP contribution in [0.15, 0.2) is 0 Å². The highest BCUT2D eigenvalue weighted by Gasteiger charge is 2.12. The lowest BCUT2D eigenvalue weighted by molar-refractivity contribution is -0.146. The van der Waals surface area contributed by atoms with Crippen molar-refractivity contribution in [1.82, 2.24) is 4.90 Å². The van der Waals surface area contributed by atoms with Gasteiger partial charge in [0.25, 0.3) is 0 Å². The van der Waals surface area contributed by atoms with Gasteiger partial charge in [-0.05, 0) is 6.92 Å². The molecule has 0 aliphatic carbocycles. The van der Waals surface area contributed by atoms with Crippen LogP contribution in [0.25, 0.3) is 0 Å². The van der Waals surface area contributed by atoms with Crippen LogP contribution >= 0.6 is 0 Å². The molecule has 0 aliphatic heterocycles. The number of nitrogens with zero attached hydrogens (tertiary/aromatic N) is 1. The van der Waals surface area contributed by atoms with Crippen molar-refractivity contribution >= 4 is 17.8 Å². The first-order chi connectivity index (χ1) is 7.47. The van der Waals surface area contributed by atoms with E-state index in [1.54, 1.807) is 6.92 Å². The van der Waals surface area contributed by atoms with Crippen LogP contribution in [-0.2, 0) is 19.1 Å². The molecule has 0 radical (unpaired) electrons. The first kappa shape index (κ1) is 14.4. The fourth-order valence-corrected chi connectivity index (χ4v) is 1.02. The monoisotopic (exact) mass is 231 g/mol. The van der Waals surface area contributed by atoms with Gasteiger partial charge in [-0.3, -0.25) is 14.4 Å². The molecule has 0 aromatic rings. The Bertz CT molecular complexity index is 264. The van der Waals surface area contributed by atoms with Gasteiger partial charge in [-0.15, -0.1) is 0 Å². The van der Waals surface area contributed by atoms with E-state index in [1.165, 1.54) is 11.9 Å². The Hall–Kier alpha value is -1.59. The van der Waals surface area contributed by atoms with Crippen molar-refractivity contribution in [2.75, 3.05) is 20.2 Å². The molecule has 0 heterocycles. The molecule has 0 saturated heterocycles. The first-order valence-corrected chi connectivity index (χ1v) is 5.08. The Balaban J connectivity index is 3.78. The van der Waals surface area contributed by atoms with Crippen LogP contribution in [0.2, 0.25) is 0 Å². The minimum atomic E-state index is -0.954. The lowest BCUT2D eigenvalue weighted by atomic mass is 10.2. The third-order valence-corrected chi connectivity index (χ3v) is 1.94. The molecule has 0 saturated carbocycles. The predicted molar refractivity (Wildman–Crippen MR) is 55.8 cm³/mol. The van der Waals surface area contributed by atoms with Gasteiger partial charge in [0, 0.05) is 20.0 Å². The maximum absolute atomic E-state index is 11.4. The van der Waals surface area contributed by atoms with Gasteiger partial charge in [0.2, 0.25) is 5.91 Å². The van der Waals surface area contributed by atoms with Crippen LogP contribution in [0.5, 0.6) is 0 Å².